The predicted molar refractivity (Wildman–Crippen MR) is 28.4 cm³/mol. The Balaban J connectivity index is 2.78. The van der Waals surface area contributed by atoms with E-state index in [1.165, 1.54) is 6.42 Å². The van der Waals surface area contributed by atoms with Crippen LogP contribution < -0.4 is 0 Å². The molecule has 0 atom stereocenters. The summed E-state index contributed by atoms with van der Waals surface area (Å²) in [5, 5.41) is 0. The van der Waals surface area contributed by atoms with Gasteiger partial charge < -0.3 is 0 Å². The molecule has 0 heterocycles. The van der Waals surface area contributed by atoms with Crippen LogP contribution in [0.1, 0.15) is 27.6 Å². The number of hydrogen-bond acceptors (Lipinski definition) is 0. The Kier molecular flexibility index (Phi) is 2.84. The Hall–Kier alpha value is -0.440. The van der Waals surface area contributed by atoms with E-state index in [1.807, 2.05) is 0 Å². The SMILES string of the molecule is [3H]C#CCCCC. The van der Waals surface area contributed by atoms with Crippen molar-refractivity contribution in [2.45, 2.75) is 26.2 Å². The zero-order chi connectivity index (χ0) is 5.54. The van der Waals surface area contributed by atoms with Gasteiger partial charge in [0.05, 0.1) is 0 Å². The average Bonchev–Trinajstić information content (AvgIpc) is 1.69. The highest BCUT2D eigenvalue weighted by Gasteiger charge is 1.71. The van der Waals surface area contributed by atoms with Gasteiger partial charge in [-0.25, -0.2) is 0 Å². The molecule has 0 N–H and O–H groups in total. The molecule has 0 rings (SSSR count). The van der Waals surface area contributed by atoms with Crippen molar-refractivity contribution < 1.29 is 1.37 Å². The lowest BCUT2D eigenvalue weighted by molar-refractivity contribution is 0.828. The largest absolute Gasteiger partial charge is 0.124 e. The van der Waals surface area contributed by atoms with E-state index in [1.54, 1.807) is 0 Å². The molecule has 0 radical (unpaired) electrons. The molecule has 0 aliphatic rings. The van der Waals surface area contributed by atoms with E-state index in [2.05, 4.69) is 19.2 Å². The first-order valence-electron chi connectivity index (χ1n) is 2.81. The first kappa shape index (κ1) is 3.74. The number of hydrogen-bond donors (Lipinski definition) is 0. The lowest BCUT2D eigenvalue weighted by atomic mass is 10.3. The number of terminal acetylenes is 1. The molecule has 0 saturated heterocycles. The van der Waals surface area contributed by atoms with Crippen molar-refractivity contribution in [3.8, 4) is 12.3 Å². The van der Waals surface area contributed by atoms with Crippen LogP contribution in [0.4, 0.5) is 0 Å². The highest BCUT2D eigenvalue weighted by molar-refractivity contribution is 4.82. The van der Waals surface area contributed by atoms with Crippen molar-refractivity contribution in [2.75, 3.05) is 0 Å². The topological polar surface area (TPSA) is 0 Å². The molecular weight excluding hydrogens is 72.1 g/mol. The molecule has 0 unspecified atom stereocenters. The van der Waals surface area contributed by atoms with Crippen LogP contribution in [-0.4, -0.2) is 0 Å². The molecule has 0 fully saturated rings. The van der Waals surface area contributed by atoms with Gasteiger partial charge in [-0.2, -0.15) is 0 Å². The van der Waals surface area contributed by atoms with Gasteiger partial charge in [0.1, 0.15) is 1.37 Å². The molecule has 0 aromatic carbocycles. The summed E-state index contributed by atoms with van der Waals surface area (Å²) in [6.07, 6.45) is 5.30. The maximum atomic E-state index is 6.42. The first-order chi connectivity index (χ1) is 3.41. The van der Waals surface area contributed by atoms with Crippen LogP contribution in [0, 0.1) is 12.3 Å². The lowest BCUT2D eigenvalue weighted by Gasteiger charge is -1.79. The summed E-state index contributed by atoms with van der Waals surface area (Å²) in [5.41, 5.74) is 0. The molecule has 0 heteroatoms. The first-order valence-corrected chi connectivity index (χ1v) is 2.31. The quantitative estimate of drug-likeness (QED) is 0.353. The van der Waals surface area contributed by atoms with Crippen molar-refractivity contribution in [3.05, 3.63) is 0 Å². The van der Waals surface area contributed by atoms with Crippen molar-refractivity contribution >= 4 is 0 Å². The van der Waals surface area contributed by atoms with Gasteiger partial charge in [-0.15, -0.1) is 12.3 Å². The third-order valence-corrected chi connectivity index (χ3v) is 0.655. The molecular formula is C6H10. The van der Waals surface area contributed by atoms with Crippen molar-refractivity contribution in [3.63, 3.8) is 0 Å². The second kappa shape index (κ2) is 4.56. The van der Waals surface area contributed by atoms with Gasteiger partial charge in [0.25, 0.3) is 0 Å². The molecule has 0 spiro atoms. The van der Waals surface area contributed by atoms with E-state index < -0.39 is 0 Å². The van der Waals surface area contributed by atoms with Gasteiger partial charge >= 0.3 is 0 Å². The smallest absolute Gasteiger partial charge is 0.120 e. The molecule has 0 nitrogen and oxygen atoms in total. The molecule has 6 heavy (non-hydrogen) atoms. The summed E-state index contributed by atoms with van der Waals surface area (Å²) in [4.78, 5) is 0. The highest BCUT2D eigenvalue weighted by atomic mass is 13.8. The van der Waals surface area contributed by atoms with Gasteiger partial charge in [-0.3, -0.25) is 0 Å². The average molecular weight is 84.2 g/mol. The fraction of sp³-hybridized carbons (Fsp3) is 0.667. The van der Waals surface area contributed by atoms with Gasteiger partial charge in [-0.1, -0.05) is 13.3 Å². The van der Waals surface area contributed by atoms with Crippen LogP contribution in [0.2, 0.25) is 0 Å². The fourth-order valence-corrected chi connectivity index (χ4v) is 0.265. The van der Waals surface area contributed by atoms with E-state index in [-0.39, 0.29) is 0 Å². The van der Waals surface area contributed by atoms with Gasteiger partial charge in [0, 0.05) is 6.42 Å². The van der Waals surface area contributed by atoms with Crippen molar-refractivity contribution in [1.29, 1.82) is 0 Å². The zero-order valence-electron chi connectivity index (χ0n) is 5.12. The Morgan fingerprint density at radius 2 is 2.83 bits per heavy atom. The summed E-state index contributed by atoms with van der Waals surface area (Å²) in [7, 11) is 0. The summed E-state index contributed by atoms with van der Waals surface area (Å²) in [6.45, 7) is 2.12. The maximum Gasteiger partial charge on any atom is 0.124 e. The molecule has 0 aliphatic heterocycles. The predicted octanol–water partition coefficient (Wildman–Crippen LogP) is 1.81. The molecule has 0 aromatic rings. The standard InChI is InChI=1S/C6H10/c1-3-5-6-4-2/h1H,4-6H2,2H3/i1T. The molecule has 0 amide bonds. The summed E-state index contributed by atoms with van der Waals surface area (Å²) < 4.78 is 6.42. The summed E-state index contributed by atoms with van der Waals surface area (Å²) >= 11 is 0. The van der Waals surface area contributed by atoms with E-state index in [9.17, 15) is 0 Å². The number of unbranched alkanes of at least 4 members (excludes halogenated alkanes) is 2. The molecule has 34 valence electrons. The minimum atomic E-state index is 0.889. The van der Waals surface area contributed by atoms with Crippen LogP contribution in [0.3, 0.4) is 0 Å². The van der Waals surface area contributed by atoms with Crippen LogP contribution in [0.15, 0.2) is 0 Å². The van der Waals surface area contributed by atoms with E-state index >= 15 is 0 Å². The summed E-state index contributed by atoms with van der Waals surface area (Å²) in [6, 6.07) is 0. The van der Waals surface area contributed by atoms with Gasteiger partial charge in [-0.05, 0) is 6.42 Å². The molecule has 0 aromatic heterocycles. The third-order valence-electron chi connectivity index (χ3n) is 0.655. The Morgan fingerprint density at radius 1 is 2.00 bits per heavy atom. The normalized spacial score (nSPS) is 8.50. The van der Waals surface area contributed by atoms with Gasteiger partial charge in [0.15, 0.2) is 0 Å². The van der Waals surface area contributed by atoms with E-state index in [0.29, 0.717) is 0 Å². The number of rotatable bonds is 2. The molecule has 0 aliphatic carbocycles. The van der Waals surface area contributed by atoms with E-state index in [4.69, 9.17) is 1.37 Å². The Labute approximate surface area is 41.0 Å². The second-order valence-corrected chi connectivity index (χ2v) is 1.28. The monoisotopic (exact) mass is 84.1 g/mol. The minimum absolute atomic E-state index is 0.889. The summed E-state index contributed by atoms with van der Waals surface area (Å²) in [5.74, 6) is 2.67. The fourth-order valence-electron chi connectivity index (χ4n) is 0.265. The minimum Gasteiger partial charge on any atom is -0.120 e. The third kappa shape index (κ3) is 3.56. The van der Waals surface area contributed by atoms with Crippen LogP contribution >= 0.6 is 0 Å². The Bertz CT molecular complexity index is 75.9. The maximum absolute atomic E-state index is 6.42. The zero-order valence-corrected chi connectivity index (χ0v) is 4.12. The van der Waals surface area contributed by atoms with Gasteiger partial charge in [0.2, 0.25) is 0 Å². The van der Waals surface area contributed by atoms with Crippen LogP contribution in [-0.2, 0) is 0 Å². The van der Waals surface area contributed by atoms with Crippen LogP contribution in [0.25, 0.3) is 0 Å². The molecule has 0 bridgehead atoms. The highest BCUT2D eigenvalue weighted by Crippen LogP contribution is 1.88. The molecule has 0 saturated carbocycles. The lowest BCUT2D eigenvalue weighted by Crippen LogP contribution is -1.62. The second-order valence-electron chi connectivity index (χ2n) is 1.28. The van der Waals surface area contributed by atoms with E-state index in [0.717, 1.165) is 12.8 Å². The van der Waals surface area contributed by atoms with Crippen LogP contribution in [0.5, 0.6) is 0 Å². The van der Waals surface area contributed by atoms with Crippen molar-refractivity contribution in [1.82, 2.24) is 0 Å². The van der Waals surface area contributed by atoms with Crippen molar-refractivity contribution in [2.24, 2.45) is 0 Å². The Morgan fingerprint density at radius 3 is 3.33 bits per heavy atom.